The van der Waals surface area contributed by atoms with Crippen LogP contribution in [0.5, 0.6) is 0 Å². The van der Waals surface area contributed by atoms with E-state index in [4.69, 9.17) is 27.0 Å². The molecule has 0 radical (unpaired) electrons. The second-order valence-corrected chi connectivity index (χ2v) is 7.76. The summed E-state index contributed by atoms with van der Waals surface area (Å²) < 4.78 is 50.6. The molecule has 8 nitrogen and oxygen atoms in total. The molecule has 4 heterocycles. The number of pyridine rings is 1. The molecular formula is C20H11F3N4O4S. The Balaban J connectivity index is 1.60. The lowest BCUT2D eigenvalue weighted by Gasteiger charge is -2.42. The fraction of sp³-hybridized carbons (Fsp3) is 0.250. The number of carbonyl (C=O) groups is 2. The molecule has 0 N–H and O–H groups in total. The number of fused-ring (bicyclic) bond motifs is 1. The fourth-order valence-corrected chi connectivity index (χ4v) is 4.42. The Morgan fingerprint density at radius 3 is 2.56 bits per heavy atom. The molecule has 0 saturated carbocycles. The molecule has 1 amide bonds. The zero-order chi connectivity index (χ0) is 22.8. The SMILES string of the molecule is N#Cc1ncc(N2C(=O)C3(COC3)N(c3ccc4c(c3)COC4=O)C2=S)cc1C(F)(F)F. The number of carbonyl (C=O) groups excluding carboxylic acids is 2. The van der Waals surface area contributed by atoms with E-state index < -0.39 is 34.8 Å². The number of thiocarbonyl (C=S) groups is 1. The number of cyclic esters (lactones) is 1. The number of halogens is 3. The smallest absolute Gasteiger partial charge is 0.419 e. The van der Waals surface area contributed by atoms with Crippen LogP contribution < -0.4 is 9.80 Å². The summed E-state index contributed by atoms with van der Waals surface area (Å²) in [6.45, 7) is 0.0217. The number of ether oxygens (including phenoxy) is 2. The van der Waals surface area contributed by atoms with Gasteiger partial charge in [-0.15, -0.1) is 0 Å². The Bertz CT molecular complexity index is 1250. The molecule has 1 aromatic heterocycles. The maximum Gasteiger partial charge on any atom is 0.419 e. The third-order valence-corrected chi connectivity index (χ3v) is 5.93. The lowest BCUT2D eigenvalue weighted by molar-refractivity contribution is -0.138. The highest BCUT2D eigenvalue weighted by molar-refractivity contribution is 7.81. The molecule has 162 valence electrons. The quantitative estimate of drug-likeness (QED) is 0.499. The summed E-state index contributed by atoms with van der Waals surface area (Å²) in [7, 11) is 0. The first-order chi connectivity index (χ1) is 15.2. The molecule has 0 unspecified atom stereocenters. The average Bonchev–Trinajstić information content (AvgIpc) is 3.20. The molecule has 5 rings (SSSR count). The first kappa shape index (κ1) is 20.3. The molecule has 0 aliphatic carbocycles. The summed E-state index contributed by atoms with van der Waals surface area (Å²) in [4.78, 5) is 31.2. The predicted octanol–water partition coefficient (Wildman–Crippen LogP) is 2.55. The van der Waals surface area contributed by atoms with Crippen LogP contribution in [0.2, 0.25) is 0 Å². The Morgan fingerprint density at radius 1 is 1.19 bits per heavy atom. The second-order valence-electron chi connectivity index (χ2n) is 7.40. The third kappa shape index (κ3) is 2.71. The highest BCUT2D eigenvalue weighted by Gasteiger charge is 2.61. The maximum absolute atomic E-state index is 13.4. The highest BCUT2D eigenvalue weighted by Crippen LogP contribution is 2.43. The third-order valence-electron chi connectivity index (χ3n) is 5.56. The van der Waals surface area contributed by atoms with Crippen molar-refractivity contribution in [3.8, 4) is 6.07 Å². The molecular weight excluding hydrogens is 449 g/mol. The van der Waals surface area contributed by atoms with Gasteiger partial charge in [-0.05, 0) is 36.5 Å². The van der Waals surface area contributed by atoms with E-state index in [2.05, 4.69) is 4.98 Å². The van der Waals surface area contributed by atoms with Crippen LogP contribution in [0.15, 0.2) is 30.5 Å². The topological polar surface area (TPSA) is 95.8 Å². The van der Waals surface area contributed by atoms with E-state index in [0.717, 1.165) is 11.1 Å². The van der Waals surface area contributed by atoms with Crippen molar-refractivity contribution in [1.29, 1.82) is 5.26 Å². The summed E-state index contributed by atoms with van der Waals surface area (Å²) in [6.07, 6.45) is -3.84. The first-order valence-electron chi connectivity index (χ1n) is 9.21. The highest BCUT2D eigenvalue weighted by atomic mass is 32.1. The van der Waals surface area contributed by atoms with Crippen LogP contribution >= 0.6 is 12.2 Å². The van der Waals surface area contributed by atoms with Crippen molar-refractivity contribution in [2.75, 3.05) is 23.0 Å². The number of hydrogen-bond acceptors (Lipinski definition) is 7. The Morgan fingerprint density at radius 2 is 1.94 bits per heavy atom. The molecule has 3 aliphatic heterocycles. The number of nitriles is 1. The number of aromatic nitrogens is 1. The summed E-state index contributed by atoms with van der Waals surface area (Å²) in [6, 6.07) is 6.88. The number of amides is 1. The second kappa shape index (κ2) is 6.72. The molecule has 2 aromatic rings. The lowest BCUT2D eigenvalue weighted by Crippen LogP contribution is -2.64. The summed E-state index contributed by atoms with van der Waals surface area (Å²) in [5, 5.41) is 8.91. The minimum absolute atomic E-state index is 0.0230. The Hall–Kier alpha value is -3.56. The summed E-state index contributed by atoms with van der Waals surface area (Å²) in [5.74, 6) is -1.03. The van der Waals surface area contributed by atoms with Crippen molar-refractivity contribution in [1.82, 2.24) is 4.98 Å². The van der Waals surface area contributed by atoms with Gasteiger partial charge in [0.15, 0.2) is 16.3 Å². The largest absolute Gasteiger partial charge is 0.457 e. The van der Waals surface area contributed by atoms with Gasteiger partial charge >= 0.3 is 12.1 Å². The number of rotatable bonds is 2. The van der Waals surface area contributed by atoms with Crippen molar-refractivity contribution >= 4 is 40.6 Å². The normalized spacial score (nSPS) is 19.1. The Labute approximate surface area is 183 Å². The van der Waals surface area contributed by atoms with Gasteiger partial charge in [-0.2, -0.15) is 18.4 Å². The molecule has 12 heteroatoms. The van der Waals surface area contributed by atoms with Crippen molar-refractivity contribution in [3.63, 3.8) is 0 Å². The van der Waals surface area contributed by atoms with E-state index in [9.17, 15) is 22.8 Å². The Kier molecular flexibility index (Phi) is 4.27. The minimum Gasteiger partial charge on any atom is -0.457 e. The predicted molar refractivity (Wildman–Crippen MR) is 106 cm³/mol. The molecule has 0 atom stereocenters. The van der Waals surface area contributed by atoms with Crippen molar-refractivity contribution < 1.29 is 32.2 Å². The van der Waals surface area contributed by atoms with Gasteiger partial charge in [-0.3, -0.25) is 14.6 Å². The molecule has 0 bridgehead atoms. The lowest BCUT2D eigenvalue weighted by atomic mass is 9.94. The first-order valence-corrected chi connectivity index (χ1v) is 9.62. The van der Waals surface area contributed by atoms with Crippen LogP contribution in [0.25, 0.3) is 0 Å². The van der Waals surface area contributed by atoms with Crippen LogP contribution in [0.3, 0.4) is 0 Å². The molecule has 2 fully saturated rings. The monoisotopic (exact) mass is 460 g/mol. The number of nitrogens with zero attached hydrogens (tertiary/aromatic N) is 4. The van der Waals surface area contributed by atoms with Gasteiger partial charge < -0.3 is 9.47 Å². The zero-order valence-electron chi connectivity index (χ0n) is 16.0. The summed E-state index contributed by atoms with van der Waals surface area (Å²) in [5.41, 5.74) is -2.04. The molecule has 3 aliphatic rings. The number of esters is 1. The van der Waals surface area contributed by atoms with E-state index >= 15 is 0 Å². The van der Waals surface area contributed by atoms with Gasteiger partial charge in [0.25, 0.3) is 5.91 Å². The molecule has 1 aromatic carbocycles. The van der Waals surface area contributed by atoms with E-state index in [-0.39, 0.29) is 30.6 Å². The van der Waals surface area contributed by atoms with Crippen LogP contribution in [-0.2, 0) is 27.1 Å². The van der Waals surface area contributed by atoms with Crippen LogP contribution in [0.1, 0.15) is 27.2 Å². The van der Waals surface area contributed by atoms with E-state index in [0.29, 0.717) is 22.9 Å². The fourth-order valence-electron chi connectivity index (χ4n) is 3.95. The number of anilines is 2. The maximum atomic E-state index is 13.4. The van der Waals surface area contributed by atoms with Gasteiger partial charge in [-0.1, -0.05) is 0 Å². The van der Waals surface area contributed by atoms with Crippen molar-refractivity contribution in [2.45, 2.75) is 18.3 Å². The van der Waals surface area contributed by atoms with E-state index in [1.54, 1.807) is 18.2 Å². The van der Waals surface area contributed by atoms with Crippen LogP contribution in [0.4, 0.5) is 24.5 Å². The van der Waals surface area contributed by atoms with Crippen LogP contribution in [-0.4, -0.2) is 40.7 Å². The van der Waals surface area contributed by atoms with E-state index in [1.807, 2.05) is 0 Å². The van der Waals surface area contributed by atoms with Crippen molar-refractivity contribution in [2.24, 2.45) is 0 Å². The van der Waals surface area contributed by atoms with Gasteiger partial charge in [0, 0.05) is 11.3 Å². The molecule has 32 heavy (non-hydrogen) atoms. The standard InChI is InChI=1S/C20H11F3N4O4S/c21-20(22,23)14-4-12(6-25-15(14)5-24)26-17(29)19(8-30-9-19)27(18(26)32)11-1-2-13-10(3-11)7-31-16(13)28/h1-4,6H,7-9H2. The average molecular weight is 460 g/mol. The minimum atomic E-state index is -4.85. The van der Waals surface area contributed by atoms with Gasteiger partial charge in [0.2, 0.25) is 0 Å². The summed E-state index contributed by atoms with van der Waals surface area (Å²) >= 11 is 5.50. The van der Waals surface area contributed by atoms with Crippen molar-refractivity contribution in [3.05, 3.63) is 52.8 Å². The number of benzene rings is 1. The number of alkyl halides is 3. The van der Waals surface area contributed by atoms with Gasteiger partial charge in [-0.25, -0.2) is 9.78 Å². The molecule has 2 saturated heterocycles. The molecule has 1 spiro atoms. The zero-order valence-corrected chi connectivity index (χ0v) is 16.8. The van der Waals surface area contributed by atoms with E-state index in [1.165, 1.54) is 11.0 Å². The van der Waals surface area contributed by atoms with Gasteiger partial charge in [0.1, 0.15) is 12.7 Å². The number of hydrogen-bond donors (Lipinski definition) is 0. The van der Waals surface area contributed by atoms with Gasteiger partial charge in [0.05, 0.1) is 36.2 Å². The van der Waals surface area contributed by atoms with Crippen LogP contribution in [0, 0.1) is 11.3 Å².